The molecule has 0 aliphatic carbocycles. The van der Waals surface area contributed by atoms with Crippen LogP contribution in [0, 0.1) is 0 Å². The molecule has 0 atom stereocenters. The number of carbonyl (C=O) groups is 1. The Labute approximate surface area is 165 Å². The number of carbonyl (C=O) groups excluding carboxylic acids is 1. The Morgan fingerprint density at radius 3 is 2.39 bits per heavy atom. The molecule has 1 heterocycles. The molecule has 3 rings (SSSR count). The van der Waals surface area contributed by atoms with Crippen LogP contribution in [0.3, 0.4) is 0 Å². The van der Waals surface area contributed by atoms with Gasteiger partial charge in [-0.2, -0.15) is 0 Å². The van der Waals surface area contributed by atoms with Gasteiger partial charge < -0.3 is 14.8 Å². The first-order valence-electron chi connectivity index (χ1n) is 9.14. The molecule has 28 heavy (non-hydrogen) atoms. The molecule has 1 amide bonds. The summed E-state index contributed by atoms with van der Waals surface area (Å²) in [5.41, 5.74) is 1.87. The summed E-state index contributed by atoms with van der Waals surface area (Å²) in [5, 5.41) is 2.76. The van der Waals surface area contributed by atoms with Crippen molar-refractivity contribution in [3.63, 3.8) is 0 Å². The minimum Gasteiger partial charge on any atom is -0.486 e. The Balaban J connectivity index is 1.52. The van der Waals surface area contributed by atoms with Gasteiger partial charge in [0.05, 0.1) is 4.90 Å². The van der Waals surface area contributed by atoms with Crippen molar-refractivity contribution < 1.29 is 22.7 Å². The number of ether oxygens (including phenoxy) is 2. The van der Waals surface area contributed by atoms with Gasteiger partial charge in [0.2, 0.25) is 15.9 Å². The summed E-state index contributed by atoms with van der Waals surface area (Å²) in [6.45, 7) is 5.00. The molecule has 0 spiro atoms. The van der Waals surface area contributed by atoms with Gasteiger partial charge in [-0.05, 0) is 35.7 Å². The van der Waals surface area contributed by atoms with Gasteiger partial charge in [0, 0.05) is 24.7 Å². The number of sulfonamides is 1. The first-order valence-corrected chi connectivity index (χ1v) is 10.6. The number of benzene rings is 2. The predicted octanol–water partition coefficient (Wildman–Crippen LogP) is 2.89. The van der Waals surface area contributed by atoms with E-state index in [0.717, 1.165) is 0 Å². The molecule has 2 N–H and O–H groups in total. The SMILES string of the molecule is CC(C)c1ccc(NC(=O)CCNS(=O)(=O)c2ccc3c(c2)OCCO3)cc1. The molecule has 0 aromatic heterocycles. The van der Waals surface area contributed by atoms with Crippen molar-refractivity contribution in [2.45, 2.75) is 31.1 Å². The Hall–Kier alpha value is -2.58. The number of nitrogens with one attached hydrogen (secondary N) is 2. The van der Waals surface area contributed by atoms with E-state index < -0.39 is 10.0 Å². The molecule has 0 unspecified atom stereocenters. The summed E-state index contributed by atoms with van der Waals surface area (Å²) in [6.07, 6.45) is 0.0235. The van der Waals surface area contributed by atoms with Crippen LogP contribution in [0.1, 0.15) is 31.7 Å². The second kappa shape index (κ2) is 8.62. The molecule has 150 valence electrons. The van der Waals surface area contributed by atoms with E-state index in [1.165, 1.54) is 17.7 Å². The highest BCUT2D eigenvalue weighted by molar-refractivity contribution is 7.89. The number of rotatable bonds is 7. The van der Waals surface area contributed by atoms with Crippen molar-refractivity contribution in [3.8, 4) is 11.5 Å². The third kappa shape index (κ3) is 5.02. The Bertz CT molecular complexity index is 940. The van der Waals surface area contributed by atoms with Crippen molar-refractivity contribution in [3.05, 3.63) is 48.0 Å². The molecule has 1 aliphatic rings. The summed E-state index contributed by atoms with van der Waals surface area (Å²) in [7, 11) is -3.74. The molecule has 7 nitrogen and oxygen atoms in total. The monoisotopic (exact) mass is 404 g/mol. The highest BCUT2D eigenvalue weighted by Crippen LogP contribution is 2.32. The maximum Gasteiger partial charge on any atom is 0.240 e. The molecule has 0 bridgehead atoms. The predicted molar refractivity (Wildman–Crippen MR) is 106 cm³/mol. The smallest absolute Gasteiger partial charge is 0.240 e. The van der Waals surface area contributed by atoms with Crippen LogP contribution >= 0.6 is 0 Å². The summed E-state index contributed by atoms with van der Waals surface area (Å²) in [4.78, 5) is 12.1. The molecule has 0 saturated heterocycles. The van der Waals surface area contributed by atoms with E-state index >= 15 is 0 Å². The van der Waals surface area contributed by atoms with Gasteiger partial charge in [-0.25, -0.2) is 13.1 Å². The first-order chi connectivity index (χ1) is 13.3. The Kier molecular flexibility index (Phi) is 6.21. The third-order valence-corrected chi connectivity index (χ3v) is 5.79. The van der Waals surface area contributed by atoms with Crippen LogP contribution in [-0.4, -0.2) is 34.1 Å². The fraction of sp³-hybridized carbons (Fsp3) is 0.350. The number of anilines is 1. The van der Waals surface area contributed by atoms with Gasteiger partial charge in [-0.1, -0.05) is 26.0 Å². The molecule has 0 radical (unpaired) electrons. The van der Waals surface area contributed by atoms with Crippen LogP contribution in [0.2, 0.25) is 0 Å². The largest absolute Gasteiger partial charge is 0.486 e. The lowest BCUT2D eigenvalue weighted by Crippen LogP contribution is -2.28. The minimum atomic E-state index is -3.74. The van der Waals surface area contributed by atoms with Gasteiger partial charge in [-0.15, -0.1) is 0 Å². The van der Waals surface area contributed by atoms with Gasteiger partial charge in [0.15, 0.2) is 11.5 Å². The Morgan fingerprint density at radius 2 is 1.71 bits per heavy atom. The van der Waals surface area contributed by atoms with E-state index in [1.807, 2.05) is 24.3 Å². The van der Waals surface area contributed by atoms with Crippen LogP contribution in [0.4, 0.5) is 5.69 Å². The minimum absolute atomic E-state index is 0.00726. The van der Waals surface area contributed by atoms with Gasteiger partial charge in [0.1, 0.15) is 13.2 Å². The lowest BCUT2D eigenvalue weighted by Gasteiger charge is -2.18. The average Bonchev–Trinajstić information content (AvgIpc) is 2.68. The number of hydrogen-bond acceptors (Lipinski definition) is 5. The Morgan fingerprint density at radius 1 is 1.04 bits per heavy atom. The van der Waals surface area contributed by atoms with Gasteiger partial charge >= 0.3 is 0 Å². The standard InChI is InChI=1S/C20H24N2O5S/c1-14(2)15-3-5-16(6-4-15)22-20(23)9-10-21-28(24,25)17-7-8-18-19(13-17)27-12-11-26-18/h3-8,13-14,21H,9-12H2,1-2H3,(H,22,23). The molecule has 0 fully saturated rings. The number of amides is 1. The zero-order valence-electron chi connectivity index (χ0n) is 15.9. The van der Waals surface area contributed by atoms with Crippen molar-refractivity contribution in [1.29, 1.82) is 0 Å². The topological polar surface area (TPSA) is 93.7 Å². The van der Waals surface area contributed by atoms with Crippen molar-refractivity contribution in [1.82, 2.24) is 4.72 Å². The average molecular weight is 404 g/mol. The molecular formula is C20H24N2O5S. The summed E-state index contributed by atoms with van der Waals surface area (Å²) < 4.78 is 38.1. The van der Waals surface area contributed by atoms with E-state index in [1.54, 1.807) is 6.07 Å². The van der Waals surface area contributed by atoms with Crippen molar-refractivity contribution in [2.75, 3.05) is 25.1 Å². The fourth-order valence-corrected chi connectivity index (χ4v) is 3.79. The summed E-state index contributed by atoms with van der Waals surface area (Å²) >= 11 is 0. The first kappa shape index (κ1) is 20.2. The highest BCUT2D eigenvalue weighted by atomic mass is 32.2. The highest BCUT2D eigenvalue weighted by Gasteiger charge is 2.19. The third-order valence-electron chi connectivity index (χ3n) is 4.33. The summed E-state index contributed by atoms with van der Waals surface area (Å²) in [6, 6.07) is 12.0. The molecule has 0 saturated carbocycles. The zero-order chi connectivity index (χ0) is 20.1. The quantitative estimate of drug-likeness (QED) is 0.740. The molecule has 1 aliphatic heterocycles. The van der Waals surface area contributed by atoms with E-state index in [2.05, 4.69) is 23.9 Å². The van der Waals surface area contributed by atoms with Crippen molar-refractivity contribution in [2.24, 2.45) is 0 Å². The lowest BCUT2D eigenvalue weighted by molar-refractivity contribution is -0.116. The fourth-order valence-electron chi connectivity index (χ4n) is 2.75. The van der Waals surface area contributed by atoms with Gasteiger partial charge in [0.25, 0.3) is 0 Å². The van der Waals surface area contributed by atoms with Crippen LogP contribution in [0.25, 0.3) is 0 Å². The van der Waals surface area contributed by atoms with Crippen LogP contribution < -0.4 is 19.5 Å². The van der Waals surface area contributed by atoms with E-state index in [-0.39, 0.29) is 23.8 Å². The number of hydrogen-bond donors (Lipinski definition) is 2. The number of fused-ring (bicyclic) bond motifs is 1. The molecule has 2 aromatic carbocycles. The lowest BCUT2D eigenvalue weighted by atomic mass is 10.0. The summed E-state index contributed by atoms with van der Waals surface area (Å²) in [5.74, 6) is 1.08. The second-order valence-electron chi connectivity index (χ2n) is 6.78. The molecule has 2 aromatic rings. The van der Waals surface area contributed by atoms with Crippen LogP contribution in [0.15, 0.2) is 47.4 Å². The van der Waals surface area contributed by atoms with Crippen LogP contribution in [-0.2, 0) is 14.8 Å². The normalized spacial score (nSPS) is 13.4. The van der Waals surface area contributed by atoms with E-state index in [4.69, 9.17) is 9.47 Å². The van der Waals surface area contributed by atoms with E-state index in [9.17, 15) is 13.2 Å². The van der Waals surface area contributed by atoms with Crippen LogP contribution in [0.5, 0.6) is 11.5 Å². The maximum absolute atomic E-state index is 12.4. The maximum atomic E-state index is 12.4. The second-order valence-corrected chi connectivity index (χ2v) is 8.55. The molecule has 8 heteroatoms. The molecular weight excluding hydrogens is 380 g/mol. The van der Waals surface area contributed by atoms with E-state index in [0.29, 0.717) is 36.3 Å². The van der Waals surface area contributed by atoms with Crippen molar-refractivity contribution >= 4 is 21.6 Å². The van der Waals surface area contributed by atoms with Gasteiger partial charge in [-0.3, -0.25) is 4.79 Å². The zero-order valence-corrected chi connectivity index (χ0v) is 16.7.